The highest BCUT2D eigenvalue weighted by molar-refractivity contribution is 6.30. The average molecular weight is 439 g/mol. The van der Waals surface area contributed by atoms with Crippen LogP contribution in [0.5, 0.6) is 0 Å². The predicted molar refractivity (Wildman–Crippen MR) is 124 cm³/mol. The quantitative estimate of drug-likeness (QED) is 0.655. The van der Waals surface area contributed by atoms with Gasteiger partial charge >= 0.3 is 0 Å². The van der Waals surface area contributed by atoms with Crippen LogP contribution in [0.3, 0.4) is 0 Å². The lowest BCUT2D eigenvalue weighted by Gasteiger charge is -2.38. The van der Waals surface area contributed by atoms with E-state index in [0.717, 1.165) is 5.56 Å². The summed E-state index contributed by atoms with van der Waals surface area (Å²) in [6.45, 7) is 5.53. The number of halogens is 1. The van der Waals surface area contributed by atoms with Crippen LogP contribution in [0, 0.1) is 5.92 Å². The van der Waals surface area contributed by atoms with Gasteiger partial charge in [0.1, 0.15) is 0 Å². The van der Waals surface area contributed by atoms with Crippen LogP contribution >= 0.6 is 11.6 Å². The first-order valence-corrected chi connectivity index (χ1v) is 11.1. The number of rotatable bonds is 4. The van der Waals surface area contributed by atoms with E-state index in [4.69, 9.17) is 11.6 Å². The first-order valence-electron chi connectivity index (χ1n) is 10.7. The Morgan fingerprint density at radius 1 is 1.06 bits per heavy atom. The number of likely N-dealkylation sites (tertiary alicyclic amines) is 1. The van der Waals surface area contributed by atoms with Gasteiger partial charge in [-0.15, -0.1) is 0 Å². The Labute approximate surface area is 186 Å². The van der Waals surface area contributed by atoms with Crippen LogP contribution in [0.1, 0.15) is 42.6 Å². The van der Waals surface area contributed by atoms with E-state index in [9.17, 15) is 14.7 Å². The smallest absolute Gasteiger partial charge is 0.258 e. The van der Waals surface area contributed by atoms with Crippen LogP contribution < -0.4 is 5.56 Å². The molecule has 0 radical (unpaired) electrons. The molecule has 2 aromatic carbocycles. The number of aliphatic hydroxyl groups is 1. The van der Waals surface area contributed by atoms with Gasteiger partial charge in [-0.1, -0.05) is 55.8 Å². The van der Waals surface area contributed by atoms with Crippen molar-refractivity contribution in [3.8, 4) is 0 Å². The minimum absolute atomic E-state index is 0.0726. The molecule has 31 heavy (non-hydrogen) atoms. The van der Waals surface area contributed by atoms with E-state index in [1.165, 1.54) is 0 Å². The van der Waals surface area contributed by atoms with Crippen LogP contribution in [-0.4, -0.2) is 33.6 Å². The van der Waals surface area contributed by atoms with Crippen molar-refractivity contribution in [2.75, 3.05) is 13.1 Å². The number of carbonyl (C=O) groups excluding carboxylic acids is 1. The Balaban J connectivity index is 1.62. The van der Waals surface area contributed by atoms with E-state index in [1.807, 2.05) is 44.2 Å². The molecule has 1 saturated heterocycles. The lowest BCUT2D eigenvalue weighted by atomic mass is 9.84. The molecule has 5 nitrogen and oxygen atoms in total. The summed E-state index contributed by atoms with van der Waals surface area (Å²) >= 11 is 5.97. The molecule has 1 aromatic heterocycles. The van der Waals surface area contributed by atoms with E-state index in [0.29, 0.717) is 53.8 Å². The maximum absolute atomic E-state index is 13.5. The predicted octanol–water partition coefficient (Wildman–Crippen LogP) is 4.43. The number of aromatic nitrogens is 1. The second-order valence-corrected chi connectivity index (χ2v) is 9.21. The third kappa shape index (κ3) is 4.25. The zero-order valence-corrected chi connectivity index (χ0v) is 18.6. The number of pyridine rings is 1. The van der Waals surface area contributed by atoms with Gasteiger partial charge in [0.05, 0.1) is 11.2 Å². The summed E-state index contributed by atoms with van der Waals surface area (Å²) in [7, 11) is 0. The highest BCUT2D eigenvalue weighted by atomic mass is 35.5. The van der Waals surface area contributed by atoms with Gasteiger partial charge in [-0.2, -0.15) is 0 Å². The Morgan fingerprint density at radius 3 is 2.29 bits per heavy atom. The molecule has 0 atom stereocenters. The molecule has 3 aromatic rings. The standard InChI is InChI=1S/C25H27ClN2O3/c1-17(2)15-28-16-22(20-5-3-4-6-21(20)23(28)29)24(30)27-13-11-25(31,12-14-27)18-7-9-19(26)10-8-18/h3-10,16-17,31H,11-15H2,1-2H3. The SMILES string of the molecule is CC(C)Cn1cc(C(=O)N2CCC(O)(c3ccc(Cl)cc3)CC2)c2ccccc2c1=O. The first kappa shape index (κ1) is 21.6. The summed E-state index contributed by atoms with van der Waals surface area (Å²) in [4.78, 5) is 28.1. The van der Waals surface area contributed by atoms with Gasteiger partial charge in [0.15, 0.2) is 0 Å². The van der Waals surface area contributed by atoms with E-state index in [2.05, 4.69) is 0 Å². The number of carbonyl (C=O) groups is 1. The fraction of sp³-hybridized carbons (Fsp3) is 0.360. The monoisotopic (exact) mass is 438 g/mol. The number of fused-ring (bicyclic) bond motifs is 1. The van der Waals surface area contributed by atoms with Gasteiger partial charge in [-0.05, 0) is 42.5 Å². The third-order valence-corrected chi connectivity index (χ3v) is 6.30. The largest absolute Gasteiger partial charge is 0.385 e. The second kappa shape index (κ2) is 8.48. The Kier molecular flexibility index (Phi) is 5.91. The Bertz CT molecular complexity index is 1160. The summed E-state index contributed by atoms with van der Waals surface area (Å²) in [6.07, 6.45) is 2.60. The molecule has 1 amide bonds. The zero-order chi connectivity index (χ0) is 22.2. The van der Waals surface area contributed by atoms with Crippen LogP contribution in [0.15, 0.2) is 59.5 Å². The zero-order valence-electron chi connectivity index (χ0n) is 17.8. The van der Waals surface area contributed by atoms with Crippen molar-refractivity contribution < 1.29 is 9.90 Å². The van der Waals surface area contributed by atoms with Crippen molar-refractivity contribution in [3.63, 3.8) is 0 Å². The molecule has 4 rings (SSSR count). The molecule has 2 heterocycles. The summed E-state index contributed by atoms with van der Waals surface area (Å²) in [6, 6.07) is 14.5. The molecule has 0 saturated carbocycles. The highest BCUT2D eigenvalue weighted by Crippen LogP contribution is 2.34. The molecular formula is C25H27ClN2O3. The Hall–Kier alpha value is -2.63. The molecule has 0 aliphatic carbocycles. The van der Waals surface area contributed by atoms with E-state index in [1.54, 1.807) is 33.9 Å². The maximum atomic E-state index is 13.5. The molecule has 162 valence electrons. The van der Waals surface area contributed by atoms with Crippen LogP contribution in [0.4, 0.5) is 0 Å². The number of hydrogen-bond acceptors (Lipinski definition) is 3. The van der Waals surface area contributed by atoms with Crippen molar-refractivity contribution in [2.45, 2.75) is 38.8 Å². The fourth-order valence-corrected chi connectivity index (χ4v) is 4.47. The number of nitrogens with zero attached hydrogens (tertiary/aromatic N) is 2. The number of piperidine rings is 1. The van der Waals surface area contributed by atoms with Gasteiger partial charge in [0, 0.05) is 41.6 Å². The van der Waals surface area contributed by atoms with Gasteiger partial charge in [0.2, 0.25) is 0 Å². The van der Waals surface area contributed by atoms with Crippen molar-refractivity contribution in [2.24, 2.45) is 5.92 Å². The molecule has 1 aliphatic rings. The van der Waals surface area contributed by atoms with E-state index in [-0.39, 0.29) is 17.4 Å². The third-order valence-electron chi connectivity index (χ3n) is 6.05. The fourth-order valence-electron chi connectivity index (χ4n) is 4.34. The summed E-state index contributed by atoms with van der Waals surface area (Å²) in [5.74, 6) is 0.179. The molecule has 1 aliphatic heterocycles. The number of benzene rings is 2. The topological polar surface area (TPSA) is 62.5 Å². The molecule has 0 unspecified atom stereocenters. The first-order chi connectivity index (χ1) is 14.8. The van der Waals surface area contributed by atoms with Crippen molar-refractivity contribution >= 4 is 28.3 Å². The minimum Gasteiger partial charge on any atom is -0.385 e. The number of amides is 1. The summed E-state index contributed by atoms with van der Waals surface area (Å²) < 4.78 is 1.65. The molecule has 0 spiro atoms. The number of hydrogen-bond donors (Lipinski definition) is 1. The summed E-state index contributed by atoms with van der Waals surface area (Å²) in [5, 5.41) is 13.0. The van der Waals surface area contributed by atoms with E-state index < -0.39 is 5.60 Å². The normalized spacial score (nSPS) is 16.1. The van der Waals surface area contributed by atoms with Gasteiger partial charge in [-0.3, -0.25) is 9.59 Å². The highest BCUT2D eigenvalue weighted by Gasteiger charge is 2.36. The lowest BCUT2D eigenvalue weighted by Crippen LogP contribution is -2.45. The minimum atomic E-state index is -0.972. The molecule has 1 fully saturated rings. The Morgan fingerprint density at radius 2 is 1.68 bits per heavy atom. The molecular weight excluding hydrogens is 412 g/mol. The average Bonchev–Trinajstić information content (AvgIpc) is 2.76. The molecule has 1 N–H and O–H groups in total. The van der Waals surface area contributed by atoms with Crippen molar-refractivity contribution in [3.05, 3.63) is 81.2 Å². The van der Waals surface area contributed by atoms with Crippen molar-refractivity contribution in [1.29, 1.82) is 0 Å². The lowest BCUT2D eigenvalue weighted by molar-refractivity contribution is -0.0211. The van der Waals surface area contributed by atoms with Crippen LogP contribution in [0.2, 0.25) is 5.02 Å². The second-order valence-electron chi connectivity index (χ2n) is 8.77. The van der Waals surface area contributed by atoms with Crippen LogP contribution in [-0.2, 0) is 12.1 Å². The van der Waals surface area contributed by atoms with Crippen LogP contribution in [0.25, 0.3) is 10.8 Å². The summed E-state index contributed by atoms with van der Waals surface area (Å²) in [5.41, 5.74) is 0.309. The molecule has 6 heteroatoms. The maximum Gasteiger partial charge on any atom is 0.258 e. The van der Waals surface area contributed by atoms with Gasteiger partial charge in [0.25, 0.3) is 11.5 Å². The van der Waals surface area contributed by atoms with Gasteiger partial charge < -0.3 is 14.6 Å². The van der Waals surface area contributed by atoms with Gasteiger partial charge in [-0.25, -0.2) is 0 Å². The van der Waals surface area contributed by atoms with Crippen molar-refractivity contribution in [1.82, 2.24) is 9.47 Å². The van der Waals surface area contributed by atoms with E-state index >= 15 is 0 Å². The molecule has 0 bridgehead atoms.